The number of carboxylic acid groups (broad SMARTS) is 1. The van der Waals surface area contributed by atoms with Gasteiger partial charge >= 0.3 is 12.0 Å². The Hall–Kier alpha value is -1.34. The van der Waals surface area contributed by atoms with Gasteiger partial charge in [0.2, 0.25) is 0 Å². The van der Waals surface area contributed by atoms with E-state index >= 15 is 0 Å². The van der Waals surface area contributed by atoms with Gasteiger partial charge < -0.3 is 21.1 Å². The molecular formula is C12H24N4O3. The minimum absolute atomic E-state index is 0.172. The summed E-state index contributed by atoms with van der Waals surface area (Å²) in [6.07, 6.45) is 0.510. The molecule has 110 valence electrons. The minimum atomic E-state index is -0.872. The predicted octanol–water partition coefficient (Wildman–Crippen LogP) is -0.698. The van der Waals surface area contributed by atoms with Crippen LogP contribution >= 0.6 is 0 Å². The van der Waals surface area contributed by atoms with Crippen LogP contribution in [0.2, 0.25) is 0 Å². The van der Waals surface area contributed by atoms with Gasteiger partial charge in [-0.3, -0.25) is 9.69 Å². The fraction of sp³-hybridized carbons (Fsp3) is 0.833. The van der Waals surface area contributed by atoms with Crippen molar-refractivity contribution in [2.75, 3.05) is 45.8 Å². The maximum atomic E-state index is 11.5. The third-order valence-electron chi connectivity index (χ3n) is 3.27. The number of carbonyl (C=O) groups excluding carboxylic acids is 1. The van der Waals surface area contributed by atoms with Crippen LogP contribution in [-0.4, -0.2) is 67.8 Å². The van der Waals surface area contributed by atoms with E-state index < -0.39 is 11.9 Å². The quantitative estimate of drug-likeness (QED) is 0.492. The Bertz CT molecular complexity index is 293. The summed E-state index contributed by atoms with van der Waals surface area (Å²) in [6.45, 7) is 7.35. The summed E-state index contributed by atoms with van der Waals surface area (Å²) in [5, 5.41) is 17.4. The Kier molecular flexibility index (Phi) is 7.20. The summed E-state index contributed by atoms with van der Waals surface area (Å²) >= 11 is 0. The van der Waals surface area contributed by atoms with E-state index in [2.05, 4.69) is 20.9 Å². The molecule has 1 heterocycles. The molecule has 1 aliphatic rings. The van der Waals surface area contributed by atoms with Crippen molar-refractivity contribution in [3.63, 3.8) is 0 Å². The van der Waals surface area contributed by atoms with Gasteiger partial charge in [0.25, 0.3) is 0 Å². The van der Waals surface area contributed by atoms with Crippen LogP contribution in [0, 0.1) is 5.92 Å². The van der Waals surface area contributed by atoms with E-state index in [4.69, 9.17) is 5.11 Å². The van der Waals surface area contributed by atoms with E-state index in [9.17, 15) is 9.59 Å². The number of piperazine rings is 1. The van der Waals surface area contributed by atoms with Crippen LogP contribution in [-0.2, 0) is 4.79 Å². The standard InChI is InChI=1S/C12H24N4O3/c1-2-10(11(17)18)9-15-12(19)14-5-8-16-6-3-13-4-7-16/h10,13H,2-9H2,1H3,(H,17,18)(H2,14,15,19). The topological polar surface area (TPSA) is 93.7 Å². The van der Waals surface area contributed by atoms with Crippen molar-refractivity contribution >= 4 is 12.0 Å². The number of nitrogens with zero attached hydrogens (tertiary/aromatic N) is 1. The van der Waals surface area contributed by atoms with E-state index in [1.165, 1.54) is 0 Å². The van der Waals surface area contributed by atoms with E-state index in [0.717, 1.165) is 32.7 Å². The Morgan fingerprint density at radius 2 is 2.00 bits per heavy atom. The summed E-state index contributed by atoms with van der Waals surface area (Å²) < 4.78 is 0. The molecule has 19 heavy (non-hydrogen) atoms. The van der Waals surface area contributed by atoms with Crippen molar-refractivity contribution in [1.82, 2.24) is 20.9 Å². The van der Waals surface area contributed by atoms with E-state index in [0.29, 0.717) is 13.0 Å². The largest absolute Gasteiger partial charge is 0.481 e. The van der Waals surface area contributed by atoms with Gasteiger partial charge in [-0.25, -0.2) is 4.79 Å². The van der Waals surface area contributed by atoms with E-state index in [1.807, 2.05) is 0 Å². The number of hydrogen-bond acceptors (Lipinski definition) is 4. The summed E-state index contributed by atoms with van der Waals surface area (Å²) in [7, 11) is 0. The zero-order valence-electron chi connectivity index (χ0n) is 11.4. The fourth-order valence-corrected chi connectivity index (χ4v) is 1.95. The Balaban J connectivity index is 2.08. The minimum Gasteiger partial charge on any atom is -0.481 e. The van der Waals surface area contributed by atoms with Gasteiger partial charge in [-0.2, -0.15) is 0 Å². The molecule has 1 saturated heterocycles. The molecule has 0 aliphatic carbocycles. The van der Waals surface area contributed by atoms with Crippen LogP contribution in [0.3, 0.4) is 0 Å². The molecule has 0 saturated carbocycles. The van der Waals surface area contributed by atoms with Gasteiger partial charge in [0.05, 0.1) is 5.92 Å². The molecule has 0 aromatic rings. The van der Waals surface area contributed by atoms with Crippen LogP contribution in [0.1, 0.15) is 13.3 Å². The Morgan fingerprint density at radius 3 is 2.58 bits per heavy atom. The van der Waals surface area contributed by atoms with Gasteiger partial charge in [0.1, 0.15) is 0 Å². The van der Waals surface area contributed by atoms with Gasteiger partial charge in [0, 0.05) is 45.8 Å². The highest BCUT2D eigenvalue weighted by molar-refractivity contribution is 5.75. The highest BCUT2D eigenvalue weighted by Gasteiger charge is 2.15. The molecule has 7 nitrogen and oxygen atoms in total. The lowest BCUT2D eigenvalue weighted by Gasteiger charge is -2.27. The van der Waals surface area contributed by atoms with Crippen LogP contribution in [0.25, 0.3) is 0 Å². The van der Waals surface area contributed by atoms with E-state index in [-0.39, 0.29) is 12.6 Å². The van der Waals surface area contributed by atoms with Crippen molar-refractivity contribution < 1.29 is 14.7 Å². The smallest absolute Gasteiger partial charge is 0.314 e. The highest BCUT2D eigenvalue weighted by atomic mass is 16.4. The lowest BCUT2D eigenvalue weighted by molar-refractivity contribution is -0.141. The molecule has 0 radical (unpaired) electrons. The van der Waals surface area contributed by atoms with Crippen molar-refractivity contribution in [2.24, 2.45) is 5.92 Å². The first kappa shape index (κ1) is 15.7. The van der Waals surface area contributed by atoms with Crippen LogP contribution in [0.5, 0.6) is 0 Å². The van der Waals surface area contributed by atoms with Crippen LogP contribution in [0.4, 0.5) is 4.79 Å². The third kappa shape index (κ3) is 6.40. The molecule has 2 amide bonds. The SMILES string of the molecule is CCC(CNC(=O)NCCN1CCNCC1)C(=O)O. The monoisotopic (exact) mass is 272 g/mol. The maximum Gasteiger partial charge on any atom is 0.314 e. The fourth-order valence-electron chi connectivity index (χ4n) is 1.95. The van der Waals surface area contributed by atoms with Gasteiger partial charge in [-0.05, 0) is 6.42 Å². The number of aliphatic carboxylic acids is 1. The summed E-state index contributed by atoms with van der Waals surface area (Å²) in [4.78, 5) is 24.5. The average Bonchev–Trinajstić information content (AvgIpc) is 2.40. The number of nitrogens with one attached hydrogen (secondary N) is 3. The molecule has 0 aromatic heterocycles. The van der Waals surface area contributed by atoms with Crippen LogP contribution < -0.4 is 16.0 Å². The molecule has 0 spiro atoms. The molecule has 1 atom stereocenters. The zero-order chi connectivity index (χ0) is 14.1. The van der Waals surface area contributed by atoms with Gasteiger partial charge in [-0.1, -0.05) is 6.92 Å². The molecule has 1 rings (SSSR count). The second-order valence-corrected chi connectivity index (χ2v) is 4.67. The maximum absolute atomic E-state index is 11.5. The Labute approximate surface area is 113 Å². The molecule has 1 fully saturated rings. The van der Waals surface area contributed by atoms with Crippen molar-refractivity contribution in [3.05, 3.63) is 0 Å². The summed E-state index contributed by atoms with van der Waals surface area (Å²) in [6, 6.07) is -0.296. The normalized spacial score (nSPS) is 17.7. The molecule has 0 bridgehead atoms. The first-order valence-corrected chi connectivity index (χ1v) is 6.81. The summed E-state index contributed by atoms with van der Waals surface area (Å²) in [5.41, 5.74) is 0. The Morgan fingerprint density at radius 1 is 1.32 bits per heavy atom. The number of carbonyl (C=O) groups is 2. The van der Waals surface area contributed by atoms with Gasteiger partial charge in [0.15, 0.2) is 0 Å². The third-order valence-corrected chi connectivity index (χ3v) is 3.27. The second kappa shape index (κ2) is 8.71. The number of rotatable bonds is 7. The predicted molar refractivity (Wildman–Crippen MR) is 72.1 cm³/mol. The van der Waals surface area contributed by atoms with Crippen molar-refractivity contribution in [1.29, 1.82) is 0 Å². The van der Waals surface area contributed by atoms with Crippen LogP contribution in [0.15, 0.2) is 0 Å². The molecule has 1 unspecified atom stereocenters. The zero-order valence-corrected chi connectivity index (χ0v) is 11.4. The van der Waals surface area contributed by atoms with Crippen molar-refractivity contribution in [2.45, 2.75) is 13.3 Å². The first-order chi connectivity index (χ1) is 9.13. The highest BCUT2D eigenvalue weighted by Crippen LogP contribution is 1.99. The lowest BCUT2D eigenvalue weighted by Crippen LogP contribution is -2.47. The lowest BCUT2D eigenvalue weighted by atomic mass is 10.1. The summed E-state index contributed by atoms with van der Waals surface area (Å²) in [5.74, 6) is -1.39. The van der Waals surface area contributed by atoms with Crippen molar-refractivity contribution in [3.8, 4) is 0 Å². The number of hydrogen-bond donors (Lipinski definition) is 4. The molecule has 1 aliphatic heterocycles. The molecule has 0 aromatic carbocycles. The molecule has 7 heteroatoms. The number of amides is 2. The average molecular weight is 272 g/mol. The second-order valence-electron chi connectivity index (χ2n) is 4.67. The van der Waals surface area contributed by atoms with Gasteiger partial charge in [-0.15, -0.1) is 0 Å². The first-order valence-electron chi connectivity index (χ1n) is 6.81. The number of carboxylic acids is 1. The van der Waals surface area contributed by atoms with E-state index in [1.54, 1.807) is 6.92 Å². The number of urea groups is 1. The molecular weight excluding hydrogens is 248 g/mol. The molecule has 4 N–H and O–H groups in total.